The second-order valence-corrected chi connectivity index (χ2v) is 6.77. The number of aliphatic imine (C=N–C) groups is 1. The summed E-state index contributed by atoms with van der Waals surface area (Å²) in [7, 11) is 1.62. The number of para-hydroxylation sites is 2. The number of nitrogens with one attached hydrogen (secondary N) is 3. The first-order valence-corrected chi connectivity index (χ1v) is 10.2. The van der Waals surface area contributed by atoms with Gasteiger partial charge in [-0.2, -0.15) is 0 Å². The van der Waals surface area contributed by atoms with Gasteiger partial charge in [-0.15, -0.1) is 0 Å². The Balaban J connectivity index is 1.74. The Morgan fingerprint density at radius 2 is 1.87 bits per heavy atom. The molecule has 0 radical (unpaired) electrons. The summed E-state index contributed by atoms with van der Waals surface area (Å²) < 4.78 is 16.4. The summed E-state index contributed by atoms with van der Waals surface area (Å²) in [6.45, 7) is 8.27. The van der Waals surface area contributed by atoms with E-state index in [1.54, 1.807) is 13.2 Å². The van der Waals surface area contributed by atoms with E-state index >= 15 is 0 Å². The lowest BCUT2D eigenvalue weighted by Gasteiger charge is -2.16. The zero-order valence-electron chi connectivity index (χ0n) is 18.2. The maximum atomic E-state index is 12.0. The van der Waals surface area contributed by atoms with Crippen LogP contribution in [0.1, 0.15) is 36.4 Å². The summed E-state index contributed by atoms with van der Waals surface area (Å²) in [5.41, 5.74) is 0.830. The smallest absolute Gasteiger partial charge is 0.287 e. The van der Waals surface area contributed by atoms with Crippen molar-refractivity contribution in [3.63, 3.8) is 0 Å². The van der Waals surface area contributed by atoms with E-state index in [2.05, 4.69) is 20.9 Å². The second-order valence-electron chi connectivity index (χ2n) is 6.77. The fourth-order valence-electron chi connectivity index (χ4n) is 2.71. The van der Waals surface area contributed by atoms with E-state index in [0.717, 1.165) is 18.5 Å². The van der Waals surface area contributed by atoms with E-state index in [4.69, 9.17) is 13.9 Å². The monoisotopic (exact) mass is 416 g/mol. The Hall–Kier alpha value is -3.16. The molecule has 0 aliphatic carbocycles. The fourth-order valence-corrected chi connectivity index (χ4v) is 2.71. The second kappa shape index (κ2) is 12.4. The number of aryl methyl sites for hydroxylation is 1. The molecule has 0 fully saturated rings. The third-order valence-electron chi connectivity index (χ3n) is 4.25. The molecule has 0 bridgehead atoms. The average molecular weight is 417 g/mol. The molecule has 8 nitrogen and oxygen atoms in total. The largest absolute Gasteiger partial charge is 0.493 e. The summed E-state index contributed by atoms with van der Waals surface area (Å²) >= 11 is 0. The van der Waals surface area contributed by atoms with Gasteiger partial charge in [0.15, 0.2) is 23.2 Å². The van der Waals surface area contributed by atoms with Crippen molar-refractivity contribution in [2.75, 3.05) is 33.3 Å². The number of hydrogen-bond donors (Lipinski definition) is 3. The summed E-state index contributed by atoms with van der Waals surface area (Å²) in [4.78, 5) is 16.6. The summed E-state index contributed by atoms with van der Waals surface area (Å²) in [6.07, 6.45) is 2.15. The topological polar surface area (TPSA) is 97.1 Å². The van der Waals surface area contributed by atoms with E-state index in [1.165, 1.54) is 6.26 Å². The van der Waals surface area contributed by atoms with E-state index in [0.29, 0.717) is 42.9 Å². The molecule has 1 amide bonds. The van der Waals surface area contributed by atoms with Crippen molar-refractivity contribution < 1.29 is 18.7 Å². The van der Waals surface area contributed by atoms with Gasteiger partial charge < -0.3 is 29.8 Å². The number of amides is 1. The molecule has 2 aromatic rings. The number of furan rings is 1. The van der Waals surface area contributed by atoms with Gasteiger partial charge in [-0.05, 0) is 45.4 Å². The zero-order valence-corrected chi connectivity index (χ0v) is 18.2. The van der Waals surface area contributed by atoms with Gasteiger partial charge >= 0.3 is 0 Å². The Morgan fingerprint density at radius 1 is 1.13 bits per heavy atom. The molecule has 2 rings (SSSR count). The van der Waals surface area contributed by atoms with Crippen molar-refractivity contribution in [1.82, 2.24) is 16.0 Å². The molecule has 8 heteroatoms. The van der Waals surface area contributed by atoms with E-state index in [9.17, 15) is 4.79 Å². The van der Waals surface area contributed by atoms with E-state index in [-0.39, 0.29) is 12.0 Å². The van der Waals surface area contributed by atoms with Crippen LogP contribution in [0.4, 0.5) is 0 Å². The van der Waals surface area contributed by atoms with Crippen molar-refractivity contribution >= 4 is 11.9 Å². The molecule has 0 aliphatic rings. The van der Waals surface area contributed by atoms with Crippen molar-refractivity contribution in [3.05, 3.63) is 47.9 Å². The highest BCUT2D eigenvalue weighted by molar-refractivity contribution is 5.92. The van der Waals surface area contributed by atoms with Crippen molar-refractivity contribution in [2.24, 2.45) is 4.99 Å². The summed E-state index contributed by atoms with van der Waals surface area (Å²) in [5, 5.41) is 9.33. The summed E-state index contributed by atoms with van der Waals surface area (Å²) in [5.74, 6) is 2.27. The molecule has 1 heterocycles. The third-order valence-corrected chi connectivity index (χ3v) is 4.25. The molecule has 1 unspecified atom stereocenters. The molecule has 0 aliphatic heterocycles. The zero-order chi connectivity index (χ0) is 21.8. The quantitative estimate of drug-likeness (QED) is 0.296. The number of nitrogens with zero attached hydrogens (tertiary/aromatic N) is 1. The van der Waals surface area contributed by atoms with E-state index < -0.39 is 0 Å². The van der Waals surface area contributed by atoms with E-state index in [1.807, 2.05) is 45.0 Å². The van der Waals surface area contributed by atoms with Crippen LogP contribution in [0.5, 0.6) is 11.5 Å². The van der Waals surface area contributed by atoms with Crippen LogP contribution >= 0.6 is 0 Å². The van der Waals surface area contributed by atoms with Gasteiger partial charge in [0, 0.05) is 25.2 Å². The predicted molar refractivity (Wildman–Crippen MR) is 117 cm³/mol. The molecule has 0 saturated heterocycles. The highest BCUT2D eigenvalue weighted by Crippen LogP contribution is 2.26. The average Bonchev–Trinajstić information content (AvgIpc) is 3.18. The molecule has 1 aromatic heterocycles. The molecule has 3 N–H and O–H groups in total. The van der Waals surface area contributed by atoms with Crippen LogP contribution < -0.4 is 25.4 Å². The Bertz CT molecular complexity index is 819. The Morgan fingerprint density at radius 3 is 2.53 bits per heavy atom. The Kier molecular flexibility index (Phi) is 9.57. The summed E-state index contributed by atoms with van der Waals surface area (Å²) in [6, 6.07) is 9.32. The van der Waals surface area contributed by atoms with Gasteiger partial charge in [-0.3, -0.25) is 4.79 Å². The van der Waals surface area contributed by atoms with Gasteiger partial charge in [-0.25, -0.2) is 4.99 Å². The molecule has 1 aromatic carbocycles. The molecule has 1 atom stereocenters. The van der Waals surface area contributed by atoms with Crippen LogP contribution in [-0.2, 0) is 0 Å². The van der Waals surface area contributed by atoms with Gasteiger partial charge in [0.05, 0.1) is 19.9 Å². The number of carbonyl (C=O) groups is 1. The van der Waals surface area contributed by atoms with Crippen molar-refractivity contribution in [1.29, 1.82) is 0 Å². The lowest BCUT2D eigenvalue weighted by Crippen LogP contribution is -2.39. The minimum absolute atomic E-state index is 0.118. The number of guanidine groups is 1. The first-order valence-electron chi connectivity index (χ1n) is 10.2. The van der Waals surface area contributed by atoms with Crippen LogP contribution in [0.3, 0.4) is 0 Å². The van der Waals surface area contributed by atoms with Gasteiger partial charge in [0.1, 0.15) is 6.10 Å². The minimum Gasteiger partial charge on any atom is -0.493 e. The van der Waals surface area contributed by atoms with Gasteiger partial charge in [-0.1, -0.05) is 12.1 Å². The standard InChI is InChI=1S/C22H32N4O4/c1-5-23-22(25-13-8-12-24-21(27)20-16(2)11-14-29-20)26-15-17(3)30-19-10-7-6-9-18(19)28-4/h6-7,9-11,14,17H,5,8,12-13,15H2,1-4H3,(H,24,27)(H2,23,25,26). The highest BCUT2D eigenvalue weighted by Gasteiger charge is 2.11. The van der Waals surface area contributed by atoms with Crippen LogP contribution in [0.2, 0.25) is 0 Å². The maximum absolute atomic E-state index is 12.0. The van der Waals surface area contributed by atoms with Crippen molar-refractivity contribution in [3.8, 4) is 11.5 Å². The lowest BCUT2D eigenvalue weighted by atomic mass is 10.2. The number of rotatable bonds is 11. The Labute approximate surface area is 178 Å². The first-order chi connectivity index (χ1) is 14.5. The lowest BCUT2D eigenvalue weighted by molar-refractivity contribution is 0.0925. The van der Waals surface area contributed by atoms with Gasteiger partial charge in [0.25, 0.3) is 5.91 Å². The number of carbonyl (C=O) groups excluding carboxylic acids is 1. The van der Waals surface area contributed by atoms with Crippen LogP contribution in [-0.4, -0.2) is 51.3 Å². The number of benzene rings is 1. The molecule has 0 spiro atoms. The molecular formula is C22H32N4O4. The fraction of sp³-hybridized carbons (Fsp3) is 0.455. The van der Waals surface area contributed by atoms with Crippen LogP contribution in [0.15, 0.2) is 46.0 Å². The first kappa shape index (κ1) is 23.1. The number of hydrogen-bond acceptors (Lipinski definition) is 5. The molecule has 30 heavy (non-hydrogen) atoms. The maximum Gasteiger partial charge on any atom is 0.287 e. The van der Waals surface area contributed by atoms with Crippen LogP contribution in [0.25, 0.3) is 0 Å². The SMILES string of the molecule is CCNC(=NCC(C)Oc1ccccc1OC)NCCCNC(=O)c1occc1C. The number of ether oxygens (including phenoxy) is 2. The highest BCUT2D eigenvalue weighted by atomic mass is 16.5. The normalized spacial score (nSPS) is 12.2. The predicted octanol–water partition coefficient (Wildman–Crippen LogP) is 2.74. The third kappa shape index (κ3) is 7.35. The number of methoxy groups -OCH3 is 1. The molecule has 164 valence electrons. The molecular weight excluding hydrogens is 384 g/mol. The minimum atomic E-state index is -0.194. The van der Waals surface area contributed by atoms with Gasteiger partial charge in [0.2, 0.25) is 0 Å². The van der Waals surface area contributed by atoms with Crippen molar-refractivity contribution in [2.45, 2.75) is 33.3 Å². The molecule has 0 saturated carbocycles. The van der Waals surface area contributed by atoms with Crippen LogP contribution in [0, 0.1) is 6.92 Å².